The van der Waals surface area contributed by atoms with Gasteiger partial charge < -0.3 is 93.2 Å². The summed E-state index contributed by atoms with van der Waals surface area (Å²) in [6.07, 6.45) is 30.9. The van der Waals surface area contributed by atoms with Gasteiger partial charge in [0.05, 0.1) is 39.2 Å². The Balaban J connectivity index is -0.000000424. The summed E-state index contributed by atoms with van der Waals surface area (Å²) in [4.78, 5) is 117. The third-order valence-corrected chi connectivity index (χ3v) is 18.9. The Morgan fingerprint density at radius 1 is 0.597 bits per heavy atom. The van der Waals surface area contributed by atoms with Crippen LogP contribution in [-0.4, -0.2) is 211 Å². The Bertz CT molecular complexity index is 3020. The number of alkyl halides is 1. The molecule has 0 saturated carbocycles. The van der Waals surface area contributed by atoms with E-state index in [2.05, 4.69) is 77.4 Å². The number of Topliss-reactive ketones (excluding diaryl/α,β-unsaturated/α-hetero) is 2. The molecule has 0 aliphatic carbocycles. The molecule has 28 nitrogen and oxygen atoms in total. The fraction of sp³-hybridized carbons (Fsp3) is 0.747. The average Bonchev–Trinajstić information content (AvgIpc) is 0.780. The van der Waals surface area contributed by atoms with E-state index >= 15 is 0 Å². The van der Waals surface area contributed by atoms with E-state index in [-0.39, 0.29) is 217 Å². The fourth-order valence-electron chi connectivity index (χ4n) is 12.3. The van der Waals surface area contributed by atoms with Gasteiger partial charge in [-0.1, -0.05) is 191 Å². The normalized spacial score (nSPS) is 13.5. The molecule has 1 heterocycles. The second-order valence-corrected chi connectivity index (χ2v) is 31.8. The monoisotopic (exact) mass is 1820 g/mol. The van der Waals surface area contributed by atoms with Crippen molar-refractivity contribution in [3.8, 4) is 28.7 Å². The maximum Gasteiger partial charge on any atom is 1.00 e. The molecule has 4 bridgehead atoms. The SMILES string of the molecule is CC(C)(C)OC(=O)NCCBr.CCCCCCCCCCN(CCN)CCC(=O)N(C)[C@@H]1C(=O)C[C@@H](C)C(=O)N[C@H](C(=O)CCC#N)Cc2ccc(OCCN)c(c2)-c2cc1ccc2OCCN.CCCCCCCCCCN(CCNC(=O)OC(C)(C)C)CCC(=O)OC.CCCCCCCCCCNCCC(=O)OC.Cl.O=CO[O-].[H-].[K+].[K+]. The molecule has 0 radical (unpaired) electrons. The number of likely N-dealkylation sites (N-methyl/N-ethyl adjacent to an activating group) is 1. The first kappa shape index (κ1) is 124. The fourth-order valence-corrected chi connectivity index (χ4v) is 12.5. The van der Waals surface area contributed by atoms with E-state index in [0.29, 0.717) is 86.8 Å². The number of hydrogen-bond acceptors (Lipinski definition) is 24. The number of ether oxygens (including phenoxy) is 6. The third-order valence-electron chi connectivity index (χ3n) is 18.5. The number of nitrogens with one attached hydrogen (secondary N) is 4. The molecule has 0 fully saturated rings. The maximum atomic E-state index is 14.4. The maximum absolute atomic E-state index is 14.4. The van der Waals surface area contributed by atoms with E-state index in [0.717, 1.165) is 56.3 Å². The molecule has 2 aromatic rings. The van der Waals surface area contributed by atoms with Crippen molar-refractivity contribution in [1.82, 2.24) is 36.0 Å². The van der Waals surface area contributed by atoms with Crippen LogP contribution in [0.5, 0.6) is 11.5 Å². The summed E-state index contributed by atoms with van der Waals surface area (Å²) in [6, 6.07) is 10.9. The quantitative estimate of drug-likeness (QED) is 0.00492. The van der Waals surface area contributed by atoms with Gasteiger partial charge >= 0.3 is 127 Å². The molecular weight excluding hydrogens is 1660 g/mol. The van der Waals surface area contributed by atoms with Crippen molar-refractivity contribution in [1.29, 1.82) is 5.26 Å². The van der Waals surface area contributed by atoms with E-state index < -0.39 is 41.2 Å². The Kier molecular flexibility index (Phi) is 85.0. The smallest absolute Gasteiger partial charge is 1.00 e. The molecule has 3 rings (SSSR count). The van der Waals surface area contributed by atoms with Gasteiger partial charge in [0.15, 0.2) is 11.6 Å². The molecule has 0 saturated heterocycles. The summed E-state index contributed by atoms with van der Waals surface area (Å²) in [5.74, 6) is -1.44. The van der Waals surface area contributed by atoms with Crippen LogP contribution in [0.3, 0.4) is 0 Å². The first-order valence-electron chi connectivity index (χ1n) is 42.7. The van der Waals surface area contributed by atoms with E-state index in [9.17, 15) is 43.6 Å². The van der Waals surface area contributed by atoms with E-state index in [1.807, 2.05) is 65.8 Å². The van der Waals surface area contributed by atoms with Crippen LogP contribution in [0.1, 0.15) is 280 Å². The van der Waals surface area contributed by atoms with Crippen molar-refractivity contribution < 1.29 is 186 Å². The summed E-state index contributed by atoms with van der Waals surface area (Å²) in [7, 11) is 4.47. The van der Waals surface area contributed by atoms with Gasteiger partial charge in [-0.05, 0) is 122 Å². The van der Waals surface area contributed by atoms with Gasteiger partial charge in [0.1, 0.15) is 42.0 Å². The Labute approximate surface area is 816 Å². The number of nitrogens with zero attached hydrogens (tertiary/aromatic N) is 4. The van der Waals surface area contributed by atoms with Crippen molar-refractivity contribution >= 4 is 82.3 Å². The number of carbonyl (C=O) groups is 9. The van der Waals surface area contributed by atoms with Crippen LogP contribution in [0, 0.1) is 17.2 Å². The molecule has 4 amide bonds. The number of rotatable bonds is 54. The minimum Gasteiger partial charge on any atom is -1.00 e. The number of hydrogen-bond donors (Lipinski definition) is 7. The van der Waals surface area contributed by atoms with Gasteiger partial charge in [0.25, 0.3) is 6.47 Å². The third kappa shape index (κ3) is 68.5. The predicted octanol–water partition coefficient (Wildman–Crippen LogP) is 7.51. The molecule has 10 N–H and O–H groups in total. The van der Waals surface area contributed by atoms with Crippen molar-refractivity contribution in [3.63, 3.8) is 0 Å². The molecule has 119 heavy (non-hydrogen) atoms. The molecule has 1 aliphatic rings. The first-order chi connectivity index (χ1) is 55.5. The number of halogens is 2. The number of amides is 4. The molecule has 32 heteroatoms. The topological polar surface area (TPSA) is 401 Å². The summed E-state index contributed by atoms with van der Waals surface area (Å²) in [5.41, 5.74) is 19.2. The molecule has 0 unspecified atom stereocenters. The number of fused-ring (bicyclic) bond motifs is 5. The zero-order valence-corrected chi connectivity index (χ0v) is 84.4. The van der Waals surface area contributed by atoms with Gasteiger partial charge in [0, 0.05) is 121 Å². The Morgan fingerprint density at radius 2 is 1.04 bits per heavy atom. The summed E-state index contributed by atoms with van der Waals surface area (Å²) in [5, 5.41) is 29.8. The molecule has 2 aromatic carbocycles. The Morgan fingerprint density at radius 3 is 1.50 bits per heavy atom. The zero-order valence-electron chi connectivity index (χ0n) is 76.8. The second kappa shape index (κ2) is 81.6. The number of methoxy groups -OCH3 is 2. The number of nitriles is 1. The van der Waals surface area contributed by atoms with Crippen molar-refractivity contribution in [2.24, 2.45) is 23.1 Å². The minimum atomic E-state index is -1.03. The van der Waals surface area contributed by atoms with Crippen molar-refractivity contribution in [2.45, 2.75) is 292 Å². The number of ketones is 2. The largest absolute Gasteiger partial charge is 1.00 e. The van der Waals surface area contributed by atoms with Gasteiger partial charge in [-0.15, -0.1) is 12.4 Å². The van der Waals surface area contributed by atoms with E-state index in [1.54, 1.807) is 32.2 Å². The van der Waals surface area contributed by atoms with Crippen LogP contribution in [0.2, 0.25) is 0 Å². The van der Waals surface area contributed by atoms with Crippen LogP contribution in [-0.2, 0) is 63.8 Å². The van der Waals surface area contributed by atoms with Gasteiger partial charge in [-0.25, -0.2) is 9.59 Å². The van der Waals surface area contributed by atoms with Gasteiger partial charge in [-0.2, -0.15) is 5.26 Å². The standard InChI is InChI=1S/C44H67N7O6.C21H42N2O4.C14H29NO2.C7H14BrNO2.CH2O3.ClH.2K.H/c1-4-5-6-7-8-9-10-11-23-51(25-20-46)24-18-42(54)50(3)43-34-15-17-41(57-27-22-48)36(31-34)35-29-33(14-16-40(35)56-26-21-47)30-37(38(52)13-12-19-45)49-44(55)32(2)28-39(43)53;1-6-7-8-9-10-11-12-13-16-23(17-14-19(24)26-5)18-15-22-20(25)27-21(2,3)4;1-3-4-5-6-7-8-9-10-12-15-13-11-14(16)17-2;1-7(2,3)11-6(10)9-5-4-8;2-1-4-3;;;;/h14-17,29,31-32,37,43H,4-13,18,20-28,30,46-48H2,1-3H3,(H,49,55);6-18H2,1-5H3,(H,22,25);15H,3-13H2,1-2H3;4-5H2,1-3H3,(H,9,10);1,3H;1H;;;/q;;;;;;2*+1;-1/p-1/t32-,37+,43+;;;;;;;;/m1......../s1. The van der Waals surface area contributed by atoms with Crippen LogP contribution in [0.4, 0.5) is 9.59 Å². The minimum absolute atomic E-state index is 0. The van der Waals surface area contributed by atoms with Crippen molar-refractivity contribution in [3.05, 3.63) is 47.5 Å². The molecule has 0 spiro atoms. The average molecular weight is 1820 g/mol. The molecule has 3 atom stereocenters. The molecular formula is C87H155BrClK2N11O17. The zero-order chi connectivity index (χ0) is 87.2. The number of alkyl carbamates (subject to hydrolysis) is 2. The number of unbranched alkanes of at least 4 members (excludes halogenated alkanes) is 21. The van der Waals surface area contributed by atoms with Crippen LogP contribution in [0.25, 0.3) is 11.1 Å². The summed E-state index contributed by atoms with van der Waals surface area (Å²) >= 11 is 3.19. The molecule has 0 aromatic heterocycles. The second-order valence-electron chi connectivity index (χ2n) is 31.0. The summed E-state index contributed by atoms with van der Waals surface area (Å²) in [6.45, 7) is 27.8. The Hall–Kier alpha value is -3.48. The van der Waals surface area contributed by atoms with Crippen molar-refractivity contribution in [2.75, 3.05) is 125 Å². The van der Waals surface area contributed by atoms with Gasteiger partial charge in [0.2, 0.25) is 11.8 Å². The molecule has 676 valence electrons. The van der Waals surface area contributed by atoms with Gasteiger partial charge in [-0.3, -0.25) is 33.6 Å². The van der Waals surface area contributed by atoms with Crippen LogP contribution in [0.15, 0.2) is 36.4 Å². The van der Waals surface area contributed by atoms with E-state index in [1.165, 1.54) is 154 Å². The number of esters is 2. The predicted molar refractivity (Wildman–Crippen MR) is 469 cm³/mol. The van der Waals surface area contributed by atoms with E-state index in [4.69, 9.17) is 50.9 Å². The number of carbonyl (C=O) groups excluding carboxylic acids is 9. The summed E-state index contributed by atoms with van der Waals surface area (Å²) < 4.78 is 31.7. The first-order valence-corrected chi connectivity index (χ1v) is 43.8. The molecule has 1 aliphatic heterocycles. The number of benzene rings is 2. The van der Waals surface area contributed by atoms with Crippen LogP contribution < -0.4 is 156 Å². The number of nitrogens with two attached hydrogens (primary N) is 3. The van der Waals surface area contributed by atoms with Crippen LogP contribution >= 0.6 is 28.3 Å².